The monoisotopic (exact) mass is 349 g/mol. The van der Waals surface area contributed by atoms with Crippen LogP contribution in [-0.2, 0) is 8.23 Å². The summed E-state index contributed by atoms with van der Waals surface area (Å²) in [5, 5.41) is 20.5. The molecule has 0 saturated carbocycles. The summed E-state index contributed by atoms with van der Waals surface area (Å²) in [5.74, 6) is 0.294. The van der Waals surface area contributed by atoms with E-state index in [4.69, 9.17) is 8.23 Å². The number of H-pyrrole nitrogens is 1. The van der Waals surface area contributed by atoms with E-state index in [1.54, 1.807) is 6.07 Å². The third-order valence-electron chi connectivity index (χ3n) is 3.19. The Morgan fingerprint density at radius 3 is 2.45 bits per heavy atom. The van der Waals surface area contributed by atoms with Crippen LogP contribution in [0.2, 0.25) is 0 Å². The Bertz CT molecular complexity index is 749. The lowest BCUT2D eigenvalue weighted by Crippen LogP contribution is -1.96. The van der Waals surface area contributed by atoms with Gasteiger partial charge in [-0.3, -0.25) is 5.10 Å². The number of hydrogen-bond acceptors (Lipinski definition) is 5. The number of aromatic amines is 1. The van der Waals surface area contributed by atoms with Crippen LogP contribution < -0.4 is 0 Å². The third-order valence-corrected chi connectivity index (χ3v) is 5.07. The van der Waals surface area contributed by atoms with Crippen molar-refractivity contribution in [2.45, 2.75) is 6.92 Å². The Kier molecular flexibility index (Phi) is 6.03. The van der Waals surface area contributed by atoms with Crippen molar-refractivity contribution in [1.82, 2.24) is 15.4 Å². The van der Waals surface area contributed by atoms with Crippen LogP contribution in [0.3, 0.4) is 0 Å². The van der Waals surface area contributed by atoms with E-state index in [9.17, 15) is 5.11 Å². The Morgan fingerprint density at radius 1 is 1.09 bits per heavy atom. The molecule has 0 unspecified atom stereocenters. The predicted octanol–water partition coefficient (Wildman–Crippen LogP) is -0.782. The highest BCUT2D eigenvalue weighted by Gasteiger charge is 2.10. The van der Waals surface area contributed by atoms with Crippen molar-refractivity contribution in [2.75, 3.05) is 0 Å². The largest absolute Gasteiger partial charge is 0.508 e. The molecule has 9 heteroatoms. The molecule has 0 aliphatic rings. The lowest BCUT2D eigenvalue weighted by atomic mass is 9.99. The van der Waals surface area contributed by atoms with Gasteiger partial charge in [-0.1, -0.05) is 29.5 Å². The predicted molar refractivity (Wildman–Crippen MR) is 96.3 cm³/mol. The van der Waals surface area contributed by atoms with Gasteiger partial charge in [-0.15, -0.1) is 5.10 Å². The van der Waals surface area contributed by atoms with Gasteiger partial charge in [0.15, 0.2) is 0 Å². The first kappa shape index (κ1) is 16.6. The number of aromatic hydroxyl groups is 1. The molecule has 22 heavy (non-hydrogen) atoms. The molecule has 3 aromatic rings. The maximum absolute atomic E-state index is 9.74. The van der Waals surface area contributed by atoms with Crippen molar-refractivity contribution in [3.63, 3.8) is 0 Å². The highest BCUT2D eigenvalue weighted by atomic mass is 28.3. The van der Waals surface area contributed by atoms with Gasteiger partial charge in [0.2, 0.25) is 0 Å². The molecule has 2 aromatic carbocycles. The first-order valence-electron chi connectivity index (χ1n) is 6.75. The molecule has 0 bridgehead atoms. The fourth-order valence-corrected chi connectivity index (χ4v) is 5.18. The van der Waals surface area contributed by atoms with Crippen molar-refractivity contribution in [3.05, 3.63) is 42.0 Å². The Labute approximate surface area is 137 Å². The Morgan fingerprint density at radius 2 is 1.77 bits per heavy atom. The number of nitrogens with zero attached hydrogens (tertiary/aromatic N) is 2. The fourth-order valence-electron chi connectivity index (χ4n) is 2.12. The van der Waals surface area contributed by atoms with E-state index >= 15 is 0 Å². The quantitative estimate of drug-likeness (QED) is 0.606. The van der Waals surface area contributed by atoms with Gasteiger partial charge >= 0.3 is 0 Å². The van der Waals surface area contributed by atoms with Gasteiger partial charge in [0.1, 0.15) is 32.2 Å². The summed E-state index contributed by atoms with van der Waals surface area (Å²) in [7, 11) is 1.27. The van der Waals surface area contributed by atoms with E-state index in [1.165, 1.54) is 0 Å². The Hall–Kier alpha value is -1.79. The molecule has 2 N–H and O–H groups in total. The van der Waals surface area contributed by atoms with Crippen LogP contribution in [0.4, 0.5) is 0 Å². The molecule has 116 valence electrons. The first-order valence-corrected chi connectivity index (χ1v) is 9.54. The van der Waals surface area contributed by atoms with E-state index in [0.717, 1.165) is 48.7 Å². The van der Waals surface area contributed by atoms with Gasteiger partial charge in [-0.2, -0.15) is 0 Å². The molecular formula is C13H19N3O3Si3. The van der Waals surface area contributed by atoms with Gasteiger partial charge < -0.3 is 13.3 Å². The normalized spacial score (nSPS) is 11.1. The number of rotatable bonds is 3. The van der Waals surface area contributed by atoms with E-state index in [1.807, 2.05) is 37.3 Å². The molecule has 3 rings (SSSR count). The summed E-state index contributed by atoms with van der Waals surface area (Å²) >= 11 is 0. The smallest absolute Gasteiger partial charge is 0.282 e. The average molecular weight is 350 g/mol. The van der Waals surface area contributed by atoms with Crippen LogP contribution in [0.15, 0.2) is 36.4 Å². The zero-order valence-electron chi connectivity index (χ0n) is 12.8. The molecular weight excluding hydrogens is 330 g/mol. The van der Waals surface area contributed by atoms with Crippen LogP contribution in [0, 0.1) is 6.92 Å². The van der Waals surface area contributed by atoms with E-state index < -0.39 is 10.0 Å². The SMILES string of the molecule is Cc1c(O)cccc1-c1cccc2[nH]nnc12.[SiH3]O[SiH2]O[SiH3]. The van der Waals surface area contributed by atoms with Crippen molar-refractivity contribution in [1.29, 1.82) is 0 Å². The molecule has 1 heterocycles. The molecule has 0 fully saturated rings. The number of phenols is 1. The second-order valence-electron chi connectivity index (χ2n) is 4.66. The first-order chi connectivity index (χ1) is 10.7. The fraction of sp³-hybridized carbons (Fsp3) is 0.0769. The summed E-state index contributed by atoms with van der Waals surface area (Å²) in [6.45, 7) is 1.89. The van der Waals surface area contributed by atoms with Crippen LogP contribution in [-0.4, -0.2) is 51.5 Å². The van der Waals surface area contributed by atoms with Gasteiger partial charge in [0.05, 0.1) is 5.52 Å². The lowest BCUT2D eigenvalue weighted by Gasteiger charge is -2.07. The zero-order valence-corrected chi connectivity index (χ0v) is 18.2. The molecule has 6 nitrogen and oxygen atoms in total. The van der Waals surface area contributed by atoms with Crippen molar-refractivity contribution in [2.24, 2.45) is 0 Å². The van der Waals surface area contributed by atoms with Crippen molar-refractivity contribution < 1.29 is 13.3 Å². The maximum atomic E-state index is 9.74. The molecule has 0 aliphatic heterocycles. The zero-order chi connectivity index (χ0) is 15.9. The molecule has 0 radical (unpaired) electrons. The second-order valence-corrected chi connectivity index (χ2v) is 9.51. The van der Waals surface area contributed by atoms with Crippen LogP contribution >= 0.6 is 0 Å². The van der Waals surface area contributed by atoms with E-state index in [2.05, 4.69) is 15.4 Å². The summed E-state index contributed by atoms with van der Waals surface area (Å²) in [6, 6.07) is 11.3. The summed E-state index contributed by atoms with van der Waals surface area (Å²) in [4.78, 5) is 0. The van der Waals surface area contributed by atoms with Crippen LogP contribution in [0.1, 0.15) is 5.56 Å². The highest BCUT2D eigenvalue weighted by Crippen LogP contribution is 2.32. The third kappa shape index (κ3) is 3.69. The number of nitrogens with one attached hydrogen (secondary N) is 1. The number of aromatic nitrogens is 3. The van der Waals surface area contributed by atoms with Crippen molar-refractivity contribution >= 4 is 42.0 Å². The molecule has 0 aliphatic carbocycles. The summed E-state index contributed by atoms with van der Waals surface area (Å²) in [5.41, 5.74) is 4.52. The van der Waals surface area contributed by atoms with Gasteiger partial charge in [-0.05, 0) is 30.2 Å². The lowest BCUT2D eigenvalue weighted by molar-refractivity contribution is 0.471. The molecule has 0 atom stereocenters. The number of hydrogen-bond donors (Lipinski definition) is 2. The minimum absolute atomic E-state index is 0.294. The Balaban J connectivity index is 0.000000309. The summed E-state index contributed by atoms with van der Waals surface area (Å²) in [6.07, 6.45) is 0. The molecule has 0 amide bonds. The van der Waals surface area contributed by atoms with Gasteiger partial charge in [0.25, 0.3) is 10.0 Å². The van der Waals surface area contributed by atoms with Crippen LogP contribution in [0.5, 0.6) is 5.75 Å². The minimum Gasteiger partial charge on any atom is -0.508 e. The minimum atomic E-state index is -0.444. The maximum Gasteiger partial charge on any atom is 0.282 e. The number of phenolic OH excluding ortho intramolecular Hbond substituents is 1. The number of benzene rings is 2. The average Bonchev–Trinajstić information content (AvgIpc) is 3.00. The number of fused-ring (bicyclic) bond motifs is 1. The van der Waals surface area contributed by atoms with Crippen LogP contribution in [0.25, 0.3) is 22.2 Å². The van der Waals surface area contributed by atoms with Crippen molar-refractivity contribution in [3.8, 4) is 16.9 Å². The second kappa shape index (κ2) is 8.01. The topological polar surface area (TPSA) is 80.3 Å². The molecule has 0 saturated heterocycles. The van der Waals surface area contributed by atoms with E-state index in [-0.39, 0.29) is 0 Å². The molecule has 0 spiro atoms. The summed E-state index contributed by atoms with van der Waals surface area (Å²) < 4.78 is 9.56. The van der Waals surface area contributed by atoms with E-state index in [0.29, 0.717) is 5.75 Å². The highest BCUT2D eigenvalue weighted by molar-refractivity contribution is 6.33. The standard InChI is InChI=1S/C13H11N3O.H8O2Si3/c1-8-9(4-3-7-12(8)17)10-5-2-6-11-13(10)15-16-14-11;3-1-5-2-4/h2-7,17H,1H3,(H,14,15,16);5H2,3-4H3. The molecule has 1 aromatic heterocycles. The van der Waals surface area contributed by atoms with Gasteiger partial charge in [-0.25, -0.2) is 0 Å². The van der Waals surface area contributed by atoms with Gasteiger partial charge in [0, 0.05) is 5.56 Å².